The summed E-state index contributed by atoms with van der Waals surface area (Å²) in [5.41, 5.74) is 3.42. The van der Waals surface area contributed by atoms with Gasteiger partial charge in [-0.25, -0.2) is 0 Å². The molecule has 0 unspecified atom stereocenters. The molecule has 0 atom stereocenters. The molecule has 0 bridgehead atoms. The van der Waals surface area contributed by atoms with Crippen molar-refractivity contribution in [2.45, 2.75) is 20.3 Å². The minimum atomic E-state index is 0.0462. The van der Waals surface area contributed by atoms with E-state index in [1.54, 1.807) is 0 Å². The summed E-state index contributed by atoms with van der Waals surface area (Å²) in [5.74, 6) is 0.689. The smallest absolute Gasteiger partial charge is 0.171 e. The highest BCUT2D eigenvalue weighted by Gasteiger charge is 2.14. The molecule has 3 aromatic rings. The molecule has 2 aromatic carbocycles. The molecule has 0 saturated heterocycles. The molecule has 0 N–H and O–H groups in total. The zero-order chi connectivity index (χ0) is 16.2. The van der Waals surface area contributed by atoms with Crippen molar-refractivity contribution in [3.8, 4) is 5.75 Å². The van der Waals surface area contributed by atoms with Crippen molar-refractivity contribution in [2.24, 2.45) is 0 Å². The van der Waals surface area contributed by atoms with Crippen molar-refractivity contribution < 1.29 is 9.53 Å². The molecule has 1 heterocycles. The van der Waals surface area contributed by atoms with Gasteiger partial charge in [0.2, 0.25) is 0 Å². The van der Waals surface area contributed by atoms with E-state index in [1.807, 2.05) is 68.4 Å². The molecule has 116 valence electrons. The highest BCUT2D eigenvalue weighted by molar-refractivity contribution is 6.01. The molecular formula is C20H19NO2. The van der Waals surface area contributed by atoms with Crippen LogP contribution in [0.5, 0.6) is 5.75 Å². The van der Waals surface area contributed by atoms with E-state index in [4.69, 9.17) is 4.74 Å². The van der Waals surface area contributed by atoms with E-state index in [-0.39, 0.29) is 5.78 Å². The number of carbonyl (C=O) groups is 1. The second-order valence-electron chi connectivity index (χ2n) is 5.47. The van der Waals surface area contributed by atoms with E-state index in [0.717, 1.165) is 22.2 Å². The van der Waals surface area contributed by atoms with Gasteiger partial charge in [-0.3, -0.25) is 9.78 Å². The fraction of sp³-hybridized carbons (Fsp3) is 0.200. The standard InChI is InChI=1S/C20H19NO2/c1-3-23-19-10-5-4-9-17(19)18(22)13-16-8-6-7-15-12-11-14(2)21-20(15)16/h4-12H,3,13H2,1-2H3. The van der Waals surface area contributed by atoms with E-state index in [2.05, 4.69) is 4.98 Å². The number of ether oxygens (including phenoxy) is 1. The van der Waals surface area contributed by atoms with Gasteiger partial charge in [0.25, 0.3) is 0 Å². The molecule has 23 heavy (non-hydrogen) atoms. The Morgan fingerprint density at radius 1 is 1.04 bits per heavy atom. The van der Waals surface area contributed by atoms with Gasteiger partial charge >= 0.3 is 0 Å². The number of ketones is 1. The van der Waals surface area contributed by atoms with Gasteiger partial charge in [0.15, 0.2) is 5.78 Å². The number of Topliss-reactive ketones (excluding diaryl/α,β-unsaturated/α-hetero) is 1. The Balaban J connectivity index is 1.96. The quantitative estimate of drug-likeness (QED) is 0.657. The minimum absolute atomic E-state index is 0.0462. The van der Waals surface area contributed by atoms with Crippen molar-refractivity contribution in [1.29, 1.82) is 0 Å². The molecule has 0 aliphatic carbocycles. The Morgan fingerprint density at radius 2 is 1.87 bits per heavy atom. The number of rotatable bonds is 5. The van der Waals surface area contributed by atoms with Gasteiger partial charge < -0.3 is 4.74 Å². The fourth-order valence-corrected chi connectivity index (χ4v) is 2.70. The van der Waals surface area contributed by atoms with Crippen LogP contribution in [0.2, 0.25) is 0 Å². The normalized spacial score (nSPS) is 10.7. The van der Waals surface area contributed by atoms with E-state index in [1.165, 1.54) is 0 Å². The summed E-state index contributed by atoms with van der Waals surface area (Å²) < 4.78 is 5.57. The topological polar surface area (TPSA) is 39.2 Å². The number of nitrogens with zero attached hydrogens (tertiary/aromatic N) is 1. The third kappa shape index (κ3) is 3.24. The Bertz CT molecular complexity index is 855. The Morgan fingerprint density at radius 3 is 2.70 bits per heavy atom. The number of hydrogen-bond donors (Lipinski definition) is 0. The highest BCUT2D eigenvalue weighted by Crippen LogP contribution is 2.23. The van der Waals surface area contributed by atoms with Crippen LogP contribution in [0.3, 0.4) is 0 Å². The number of carbonyl (C=O) groups excluding carboxylic acids is 1. The summed E-state index contributed by atoms with van der Waals surface area (Å²) in [6.45, 7) is 4.42. The Kier molecular flexibility index (Phi) is 4.38. The number of aryl methyl sites for hydroxylation is 1. The van der Waals surface area contributed by atoms with Gasteiger partial charge in [-0.1, -0.05) is 36.4 Å². The van der Waals surface area contributed by atoms with Crippen LogP contribution >= 0.6 is 0 Å². The first-order valence-corrected chi connectivity index (χ1v) is 7.79. The number of pyridine rings is 1. The van der Waals surface area contributed by atoms with E-state index >= 15 is 0 Å². The molecule has 3 heteroatoms. The molecule has 0 spiro atoms. The number of benzene rings is 2. The molecule has 0 aliphatic heterocycles. The molecule has 0 fully saturated rings. The summed E-state index contributed by atoms with van der Waals surface area (Å²) in [7, 11) is 0. The van der Waals surface area contributed by atoms with Gasteiger partial charge in [0, 0.05) is 17.5 Å². The minimum Gasteiger partial charge on any atom is -0.493 e. The first-order valence-electron chi connectivity index (χ1n) is 7.79. The maximum absolute atomic E-state index is 12.7. The fourth-order valence-electron chi connectivity index (χ4n) is 2.70. The average Bonchev–Trinajstić information content (AvgIpc) is 2.56. The molecule has 0 radical (unpaired) electrons. The molecule has 0 aliphatic rings. The number of para-hydroxylation sites is 2. The van der Waals surface area contributed by atoms with Gasteiger partial charge in [0.1, 0.15) is 5.75 Å². The van der Waals surface area contributed by atoms with Crippen LogP contribution in [-0.2, 0) is 6.42 Å². The zero-order valence-electron chi connectivity index (χ0n) is 13.4. The third-order valence-electron chi connectivity index (χ3n) is 3.78. The summed E-state index contributed by atoms with van der Waals surface area (Å²) in [5, 5.41) is 1.05. The van der Waals surface area contributed by atoms with E-state index in [0.29, 0.717) is 24.3 Å². The lowest BCUT2D eigenvalue weighted by atomic mass is 10.00. The lowest BCUT2D eigenvalue weighted by Crippen LogP contribution is -2.07. The maximum atomic E-state index is 12.7. The lowest BCUT2D eigenvalue weighted by Gasteiger charge is -2.10. The first kappa shape index (κ1) is 15.2. The Hall–Kier alpha value is -2.68. The van der Waals surface area contributed by atoms with Crippen LogP contribution in [0.1, 0.15) is 28.5 Å². The van der Waals surface area contributed by atoms with Crippen molar-refractivity contribution in [3.05, 3.63) is 71.4 Å². The second kappa shape index (κ2) is 6.61. The largest absolute Gasteiger partial charge is 0.493 e. The maximum Gasteiger partial charge on any atom is 0.171 e. The second-order valence-corrected chi connectivity index (χ2v) is 5.47. The first-order chi connectivity index (χ1) is 11.2. The van der Waals surface area contributed by atoms with Crippen molar-refractivity contribution in [1.82, 2.24) is 4.98 Å². The van der Waals surface area contributed by atoms with Crippen LogP contribution in [-0.4, -0.2) is 17.4 Å². The molecule has 3 nitrogen and oxygen atoms in total. The van der Waals surface area contributed by atoms with Gasteiger partial charge in [0.05, 0.1) is 17.7 Å². The summed E-state index contributed by atoms with van der Waals surface area (Å²) >= 11 is 0. The zero-order valence-corrected chi connectivity index (χ0v) is 13.4. The summed E-state index contributed by atoms with van der Waals surface area (Å²) in [6, 6.07) is 17.4. The van der Waals surface area contributed by atoms with Crippen LogP contribution in [0.15, 0.2) is 54.6 Å². The predicted molar refractivity (Wildman–Crippen MR) is 92.1 cm³/mol. The van der Waals surface area contributed by atoms with Crippen molar-refractivity contribution in [3.63, 3.8) is 0 Å². The van der Waals surface area contributed by atoms with E-state index in [9.17, 15) is 4.79 Å². The van der Waals surface area contributed by atoms with Crippen LogP contribution in [0, 0.1) is 6.92 Å². The number of fused-ring (bicyclic) bond motifs is 1. The van der Waals surface area contributed by atoms with Crippen molar-refractivity contribution in [2.75, 3.05) is 6.61 Å². The molecule has 0 saturated carbocycles. The van der Waals surface area contributed by atoms with Gasteiger partial charge in [-0.05, 0) is 37.6 Å². The highest BCUT2D eigenvalue weighted by atomic mass is 16.5. The van der Waals surface area contributed by atoms with E-state index < -0.39 is 0 Å². The van der Waals surface area contributed by atoms with Gasteiger partial charge in [-0.2, -0.15) is 0 Å². The Labute approximate surface area is 135 Å². The van der Waals surface area contributed by atoms with Crippen LogP contribution in [0.25, 0.3) is 10.9 Å². The summed E-state index contributed by atoms with van der Waals surface area (Å²) in [4.78, 5) is 17.3. The van der Waals surface area contributed by atoms with Gasteiger partial charge in [-0.15, -0.1) is 0 Å². The van der Waals surface area contributed by atoms with Crippen LogP contribution in [0.4, 0.5) is 0 Å². The predicted octanol–water partition coefficient (Wildman–Crippen LogP) is 4.37. The summed E-state index contributed by atoms with van der Waals surface area (Å²) in [6.07, 6.45) is 0.317. The molecule has 0 amide bonds. The van der Waals surface area contributed by atoms with Crippen LogP contribution < -0.4 is 4.74 Å². The molecular weight excluding hydrogens is 286 g/mol. The molecule has 1 aromatic heterocycles. The monoisotopic (exact) mass is 305 g/mol. The molecule has 3 rings (SSSR count). The third-order valence-corrected chi connectivity index (χ3v) is 3.78. The number of aromatic nitrogens is 1. The number of hydrogen-bond acceptors (Lipinski definition) is 3. The lowest BCUT2D eigenvalue weighted by molar-refractivity contribution is 0.0989. The van der Waals surface area contributed by atoms with Crippen molar-refractivity contribution >= 4 is 16.7 Å². The average molecular weight is 305 g/mol. The SMILES string of the molecule is CCOc1ccccc1C(=O)Cc1cccc2ccc(C)nc12.